The van der Waals surface area contributed by atoms with Crippen LogP contribution in [0.1, 0.15) is 31.2 Å². The summed E-state index contributed by atoms with van der Waals surface area (Å²) in [7, 11) is 0. The fourth-order valence-electron chi connectivity index (χ4n) is 1.64. The van der Waals surface area contributed by atoms with Crippen molar-refractivity contribution < 1.29 is 14.9 Å². The minimum Gasteiger partial charge on any atom is -0.494 e. The van der Waals surface area contributed by atoms with E-state index in [0.29, 0.717) is 6.42 Å². The van der Waals surface area contributed by atoms with Gasteiger partial charge in [0.05, 0.1) is 6.61 Å². The van der Waals surface area contributed by atoms with Gasteiger partial charge in [0.25, 0.3) is 0 Å². The van der Waals surface area contributed by atoms with Crippen molar-refractivity contribution in [1.82, 2.24) is 0 Å². The van der Waals surface area contributed by atoms with Crippen LogP contribution in [-0.2, 0) is 6.42 Å². The van der Waals surface area contributed by atoms with E-state index in [1.54, 1.807) is 0 Å². The van der Waals surface area contributed by atoms with Gasteiger partial charge < -0.3 is 14.9 Å². The zero-order valence-corrected chi connectivity index (χ0v) is 10.3. The highest BCUT2D eigenvalue weighted by Crippen LogP contribution is 2.13. The highest BCUT2D eigenvalue weighted by Gasteiger charge is 1.95. The van der Waals surface area contributed by atoms with Gasteiger partial charge in [0, 0.05) is 13.2 Å². The van der Waals surface area contributed by atoms with Gasteiger partial charge in [-0.3, -0.25) is 0 Å². The minimum atomic E-state index is 0.186. The first kappa shape index (κ1) is 14.0. The molecule has 0 aromatic heterocycles. The predicted octanol–water partition coefficient (Wildman–Crippen LogP) is 2.15. The maximum Gasteiger partial charge on any atom is 0.119 e. The van der Waals surface area contributed by atoms with Crippen LogP contribution in [-0.4, -0.2) is 30.0 Å². The van der Waals surface area contributed by atoms with Crippen LogP contribution in [0.2, 0.25) is 0 Å². The zero-order chi connectivity index (χ0) is 12.3. The third-order valence-corrected chi connectivity index (χ3v) is 2.65. The largest absolute Gasteiger partial charge is 0.494 e. The van der Waals surface area contributed by atoms with Crippen LogP contribution >= 0.6 is 0 Å². The first-order valence-corrected chi connectivity index (χ1v) is 6.30. The van der Waals surface area contributed by atoms with Crippen LogP contribution in [0, 0.1) is 0 Å². The molecule has 0 saturated carbocycles. The summed E-state index contributed by atoms with van der Waals surface area (Å²) in [4.78, 5) is 0. The summed E-state index contributed by atoms with van der Waals surface area (Å²) in [6.07, 6.45) is 4.77. The highest BCUT2D eigenvalue weighted by atomic mass is 16.5. The van der Waals surface area contributed by atoms with Gasteiger partial charge in [0.1, 0.15) is 5.75 Å². The summed E-state index contributed by atoms with van der Waals surface area (Å²) in [5.41, 5.74) is 1.13. The van der Waals surface area contributed by atoms with Crippen molar-refractivity contribution >= 4 is 0 Å². The number of hydrogen-bond acceptors (Lipinski definition) is 3. The van der Waals surface area contributed by atoms with Gasteiger partial charge in [-0.2, -0.15) is 0 Å². The van der Waals surface area contributed by atoms with Gasteiger partial charge in [-0.25, -0.2) is 0 Å². The second-order valence-electron chi connectivity index (χ2n) is 4.10. The Kier molecular flexibility index (Phi) is 7.43. The summed E-state index contributed by atoms with van der Waals surface area (Å²) in [6.45, 7) is 1.20. The Morgan fingerprint density at radius 3 is 2.18 bits per heavy atom. The molecule has 3 heteroatoms. The van der Waals surface area contributed by atoms with Crippen molar-refractivity contribution in [2.45, 2.75) is 32.1 Å². The molecule has 0 atom stereocenters. The summed E-state index contributed by atoms with van der Waals surface area (Å²) >= 11 is 0. The number of hydrogen-bond donors (Lipinski definition) is 2. The SMILES string of the molecule is OCCCCCCOc1ccc(CCO)cc1. The molecule has 0 fully saturated rings. The molecule has 0 aliphatic heterocycles. The molecule has 3 nitrogen and oxygen atoms in total. The van der Waals surface area contributed by atoms with Gasteiger partial charge in [0.15, 0.2) is 0 Å². The Hall–Kier alpha value is -1.06. The van der Waals surface area contributed by atoms with Gasteiger partial charge in [0.2, 0.25) is 0 Å². The molecular weight excluding hydrogens is 216 g/mol. The highest BCUT2D eigenvalue weighted by molar-refractivity contribution is 5.27. The third kappa shape index (κ3) is 6.29. The summed E-state index contributed by atoms with van der Waals surface area (Å²) in [5, 5.41) is 17.4. The van der Waals surface area contributed by atoms with Crippen LogP contribution in [0.15, 0.2) is 24.3 Å². The molecule has 0 radical (unpaired) electrons. The second-order valence-corrected chi connectivity index (χ2v) is 4.10. The lowest BCUT2D eigenvalue weighted by Crippen LogP contribution is -1.98. The Morgan fingerprint density at radius 1 is 0.824 bits per heavy atom. The van der Waals surface area contributed by atoms with E-state index in [0.717, 1.165) is 43.6 Å². The third-order valence-electron chi connectivity index (χ3n) is 2.65. The molecule has 0 saturated heterocycles. The lowest BCUT2D eigenvalue weighted by atomic mass is 10.1. The molecule has 17 heavy (non-hydrogen) atoms. The summed E-state index contributed by atoms with van der Waals surface area (Å²) < 4.78 is 5.59. The number of rotatable bonds is 9. The average molecular weight is 238 g/mol. The van der Waals surface area contributed by atoms with E-state index >= 15 is 0 Å². The molecule has 0 bridgehead atoms. The van der Waals surface area contributed by atoms with E-state index in [-0.39, 0.29) is 13.2 Å². The van der Waals surface area contributed by atoms with Crippen LogP contribution in [0.4, 0.5) is 0 Å². The number of aliphatic hydroxyl groups is 2. The Labute approximate surface area is 103 Å². The number of ether oxygens (including phenoxy) is 1. The van der Waals surface area contributed by atoms with Crippen molar-refractivity contribution in [3.05, 3.63) is 29.8 Å². The standard InChI is InChI=1S/C14H22O3/c15-10-3-1-2-4-12-17-14-7-5-13(6-8-14)9-11-16/h5-8,15-16H,1-4,9-12H2. The fraction of sp³-hybridized carbons (Fsp3) is 0.571. The lowest BCUT2D eigenvalue weighted by molar-refractivity contribution is 0.273. The molecule has 0 spiro atoms. The number of aliphatic hydroxyl groups excluding tert-OH is 2. The van der Waals surface area contributed by atoms with Crippen LogP contribution in [0.5, 0.6) is 5.75 Å². The molecule has 0 aliphatic rings. The molecule has 0 unspecified atom stereocenters. The fourth-order valence-corrected chi connectivity index (χ4v) is 1.64. The van der Waals surface area contributed by atoms with Crippen molar-refractivity contribution in [1.29, 1.82) is 0 Å². The Morgan fingerprint density at radius 2 is 1.53 bits per heavy atom. The Balaban J connectivity index is 2.14. The summed E-state index contributed by atoms with van der Waals surface area (Å²) in [5.74, 6) is 0.883. The van der Waals surface area contributed by atoms with E-state index < -0.39 is 0 Å². The first-order chi connectivity index (χ1) is 8.36. The molecular formula is C14H22O3. The van der Waals surface area contributed by atoms with E-state index in [1.807, 2.05) is 24.3 Å². The van der Waals surface area contributed by atoms with Crippen molar-refractivity contribution in [3.8, 4) is 5.75 Å². The molecule has 0 aliphatic carbocycles. The van der Waals surface area contributed by atoms with Gasteiger partial charge in [-0.15, -0.1) is 0 Å². The van der Waals surface area contributed by atoms with Crippen LogP contribution < -0.4 is 4.74 Å². The van der Waals surface area contributed by atoms with E-state index in [1.165, 1.54) is 0 Å². The maximum atomic E-state index is 8.78. The Bertz CT molecular complexity index is 282. The van der Waals surface area contributed by atoms with Crippen molar-refractivity contribution in [2.24, 2.45) is 0 Å². The van der Waals surface area contributed by atoms with E-state index in [4.69, 9.17) is 14.9 Å². The minimum absolute atomic E-state index is 0.186. The average Bonchev–Trinajstić information content (AvgIpc) is 2.36. The molecule has 1 aromatic carbocycles. The van der Waals surface area contributed by atoms with Crippen molar-refractivity contribution in [3.63, 3.8) is 0 Å². The van der Waals surface area contributed by atoms with Gasteiger partial charge in [-0.1, -0.05) is 18.6 Å². The summed E-state index contributed by atoms with van der Waals surface area (Å²) in [6, 6.07) is 7.85. The molecule has 96 valence electrons. The molecule has 0 heterocycles. The smallest absolute Gasteiger partial charge is 0.119 e. The number of benzene rings is 1. The monoisotopic (exact) mass is 238 g/mol. The molecule has 2 N–H and O–H groups in total. The normalized spacial score (nSPS) is 10.5. The quantitative estimate of drug-likeness (QED) is 0.648. The van der Waals surface area contributed by atoms with Crippen LogP contribution in [0.25, 0.3) is 0 Å². The molecule has 1 aromatic rings. The van der Waals surface area contributed by atoms with E-state index in [9.17, 15) is 0 Å². The predicted molar refractivity (Wildman–Crippen MR) is 68.3 cm³/mol. The van der Waals surface area contributed by atoms with E-state index in [2.05, 4.69) is 0 Å². The van der Waals surface area contributed by atoms with Gasteiger partial charge in [-0.05, 0) is 43.4 Å². The van der Waals surface area contributed by atoms with Gasteiger partial charge >= 0.3 is 0 Å². The lowest BCUT2D eigenvalue weighted by Gasteiger charge is -2.06. The maximum absolute atomic E-state index is 8.78. The molecule has 1 rings (SSSR count). The first-order valence-electron chi connectivity index (χ1n) is 6.30. The number of unbranched alkanes of at least 4 members (excludes halogenated alkanes) is 3. The second kappa shape index (κ2) is 9.02. The van der Waals surface area contributed by atoms with Crippen LogP contribution in [0.3, 0.4) is 0 Å². The molecule has 0 amide bonds. The topological polar surface area (TPSA) is 49.7 Å². The van der Waals surface area contributed by atoms with Crippen molar-refractivity contribution in [2.75, 3.05) is 19.8 Å². The zero-order valence-electron chi connectivity index (χ0n) is 10.3.